The molecule has 3 aromatic rings. The summed E-state index contributed by atoms with van der Waals surface area (Å²) in [6, 6.07) is 15.1. The smallest absolute Gasteiger partial charge is 0.246 e. The van der Waals surface area contributed by atoms with Crippen molar-refractivity contribution < 1.29 is 9.53 Å². The Morgan fingerprint density at radius 2 is 1.98 bits per heavy atom. The van der Waals surface area contributed by atoms with Crippen molar-refractivity contribution >= 4 is 28.2 Å². The van der Waals surface area contributed by atoms with Crippen LogP contribution in [-0.2, 0) is 28.9 Å². The van der Waals surface area contributed by atoms with Crippen molar-refractivity contribution in [3.05, 3.63) is 71.7 Å². The van der Waals surface area contributed by atoms with Gasteiger partial charge in [0, 0.05) is 55.8 Å². The van der Waals surface area contributed by atoms with Crippen molar-refractivity contribution in [2.24, 2.45) is 0 Å². The molecule has 224 valence electrons. The van der Waals surface area contributed by atoms with E-state index in [1.807, 2.05) is 0 Å². The van der Waals surface area contributed by atoms with Crippen molar-refractivity contribution in [1.82, 2.24) is 19.8 Å². The molecule has 3 aliphatic heterocycles. The van der Waals surface area contributed by atoms with Crippen LogP contribution in [0.1, 0.15) is 41.9 Å². The predicted octanol–water partition coefficient (Wildman–Crippen LogP) is 4.23. The van der Waals surface area contributed by atoms with Crippen LogP contribution in [0.25, 0.3) is 10.8 Å². The zero-order valence-electron chi connectivity index (χ0n) is 25.3. The highest BCUT2D eigenvalue weighted by molar-refractivity contribution is 5.97. The number of carbonyl (C=O) groups is 1. The minimum Gasteiger partial charge on any atom is -0.365 e. The van der Waals surface area contributed by atoms with E-state index in [2.05, 4.69) is 77.7 Å². The summed E-state index contributed by atoms with van der Waals surface area (Å²) in [5, 5.41) is 12.1. The van der Waals surface area contributed by atoms with Crippen LogP contribution < -0.4 is 9.80 Å². The molecule has 6 rings (SSSR count). The number of hydrogen-bond donors (Lipinski definition) is 0. The molecular weight excluding hydrogens is 538 g/mol. The molecule has 2 unspecified atom stereocenters. The van der Waals surface area contributed by atoms with E-state index < -0.39 is 0 Å². The number of fused-ring (bicyclic) bond motifs is 2. The standard InChI is InChI=1S/C34H41N7O2/c1-4-31(42)41-20-19-40(22-26(41)13-16-35)34-27-14-18-39(29-11-6-10-25-9-5-8-24(2)33(25)29)23-28(27)36-30(37-34)15-21-43-32-12-7-17-38(32)3/h4-6,8-11,26,32H,1,7,12-15,17-23H2,2-3H3. The fraction of sp³-hybridized carbons (Fsp3) is 0.471. The number of anilines is 2. The number of likely N-dealkylation sites (tertiary alicyclic amines) is 1. The summed E-state index contributed by atoms with van der Waals surface area (Å²) in [5.74, 6) is 1.60. The van der Waals surface area contributed by atoms with Crippen LogP contribution in [0.3, 0.4) is 0 Å². The minimum atomic E-state index is -0.210. The van der Waals surface area contributed by atoms with Crippen LogP contribution >= 0.6 is 0 Å². The lowest BCUT2D eigenvalue weighted by Crippen LogP contribution is -2.55. The van der Waals surface area contributed by atoms with Crippen LogP contribution in [0.4, 0.5) is 11.5 Å². The molecule has 0 N–H and O–H groups in total. The number of piperazine rings is 1. The summed E-state index contributed by atoms with van der Waals surface area (Å²) in [6.07, 6.45) is 5.45. The van der Waals surface area contributed by atoms with Gasteiger partial charge in [-0.2, -0.15) is 5.26 Å². The maximum Gasteiger partial charge on any atom is 0.246 e. The van der Waals surface area contributed by atoms with Gasteiger partial charge in [0.05, 0.1) is 37.4 Å². The van der Waals surface area contributed by atoms with Gasteiger partial charge in [0.2, 0.25) is 5.91 Å². The maximum atomic E-state index is 12.6. The Balaban J connectivity index is 1.31. The Hall–Kier alpha value is -4.00. The van der Waals surface area contributed by atoms with E-state index in [0.29, 0.717) is 39.2 Å². The first-order valence-electron chi connectivity index (χ1n) is 15.5. The lowest BCUT2D eigenvalue weighted by molar-refractivity contribution is -0.128. The second kappa shape index (κ2) is 12.7. The first-order valence-corrected chi connectivity index (χ1v) is 15.5. The van der Waals surface area contributed by atoms with Gasteiger partial charge in [-0.15, -0.1) is 0 Å². The molecule has 2 saturated heterocycles. The number of benzene rings is 2. The highest BCUT2D eigenvalue weighted by atomic mass is 16.5. The molecule has 2 atom stereocenters. The lowest BCUT2D eigenvalue weighted by Gasteiger charge is -2.42. The maximum absolute atomic E-state index is 12.6. The fourth-order valence-corrected chi connectivity index (χ4v) is 6.92. The van der Waals surface area contributed by atoms with E-state index >= 15 is 0 Å². The van der Waals surface area contributed by atoms with Crippen molar-refractivity contribution in [2.45, 2.75) is 57.8 Å². The molecule has 2 aromatic carbocycles. The Morgan fingerprint density at radius 1 is 1.14 bits per heavy atom. The third-order valence-corrected chi connectivity index (χ3v) is 9.18. The summed E-state index contributed by atoms with van der Waals surface area (Å²) in [6.45, 7) is 10.8. The van der Waals surface area contributed by atoms with Gasteiger partial charge in [-0.3, -0.25) is 9.69 Å². The third kappa shape index (κ3) is 5.95. The quantitative estimate of drug-likeness (QED) is 0.367. The molecule has 0 radical (unpaired) electrons. The first kappa shape index (κ1) is 29.1. The molecule has 1 aromatic heterocycles. The molecule has 0 aliphatic carbocycles. The molecular formula is C34H41N7O2. The fourth-order valence-electron chi connectivity index (χ4n) is 6.92. The molecule has 0 spiro atoms. The third-order valence-electron chi connectivity index (χ3n) is 9.18. The topological polar surface area (TPSA) is 88.8 Å². The molecule has 0 bridgehead atoms. The van der Waals surface area contributed by atoms with E-state index in [4.69, 9.17) is 14.7 Å². The summed E-state index contributed by atoms with van der Waals surface area (Å²) in [5.41, 5.74) is 4.73. The van der Waals surface area contributed by atoms with Crippen molar-refractivity contribution in [3.63, 3.8) is 0 Å². The van der Waals surface area contributed by atoms with Crippen molar-refractivity contribution in [1.29, 1.82) is 5.26 Å². The zero-order valence-corrected chi connectivity index (χ0v) is 25.3. The van der Waals surface area contributed by atoms with Gasteiger partial charge in [-0.1, -0.05) is 36.9 Å². The van der Waals surface area contributed by atoms with E-state index in [0.717, 1.165) is 49.7 Å². The van der Waals surface area contributed by atoms with E-state index in [1.54, 1.807) is 4.90 Å². The molecule has 9 nitrogen and oxygen atoms in total. The predicted molar refractivity (Wildman–Crippen MR) is 169 cm³/mol. The first-order chi connectivity index (χ1) is 21.0. The van der Waals surface area contributed by atoms with Crippen LogP contribution in [0.15, 0.2) is 49.1 Å². The number of nitrogens with zero attached hydrogens (tertiary/aromatic N) is 7. The largest absolute Gasteiger partial charge is 0.365 e. The summed E-state index contributed by atoms with van der Waals surface area (Å²) in [4.78, 5) is 31.6. The molecule has 1 amide bonds. The molecule has 3 aliphatic rings. The number of ether oxygens (including phenoxy) is 1. The monoisotopic (exact) mass is 579 g/mol. The van der Waals surface area contributed by atoms with Crippen LogP contribution in [0.2, 0.25) is 0 Å². The number of nitriles is 1. The number of hydrogen-bond acceptors (Lipinski definition) is 8. The van der Waals surface area contributed by atoms with Crippen LogP contribution in [0, 0.1) is 18.3 Å². The number of amides is 1. The van der Waals surface area contributed by atoms with Gasteiger partial charge in [0.1, 0.15) is 17.9 Å². The van der Waals surface area contributed by atoms with Gasteiger partial charge in [0.25, 0.3) is 0 Å². The zero-order chi connectivity index (χ0) is 29.9. The normalized spacial score (nSPS) is 20.7. The van der Waals surface area contributed by atoms with Gasteiger partial charge < -0.3 is 19.4 Å². The number of carbonyl (C=O) groups excluding carboxylic acids is 1. The Morgan fingerprint density at radius 3 is 2.74 bits per heavy atom. The summed E-state index contributed by atoms with van der Waals surface area (Å²) in [7, 11) is 2.11. The highest BCUT2D eigenvalue weighted by Crippen LogP contribution is 2.35. The molecule has 43 heavy (non-hydrogen) atoms. The number of aromatic nitrogens is 2. The van der Waals surface area contributed by atoms with Crippen molar-refractivity contribution in [2.75, 3.05) is 56.2 Å². The summed E-state index contributed by atoms with van der Waals surface area (Å²) >= 11 is 0. The average molecular weight is 580 g/mol. The Kier molecular flexibility index (Phi) is 8.59. The number of rotatable bonds is 8. The number of aryl methyl sites for hydroxylation is 1. The Labute approximate surface area is 254 Å². The summed E-state index contributed by atoms with van der Waals surface area (Å²) < 4.78 is 6.23. The molecule has 9 heteroatoms. The van der Waals surface area contributed by atoms with E-state index in [1.165, 1.54) is 33.7 Å². The second-order valence-corrected chi connectivity index (χ2v) is 11.9. The average Bonchev–Trinajstić information content (AvgIpc) is 3.44. The molecule has 2 fully saturated rings. The molecule has 0 saturated carbocycles. The van der Waals surface area contributed by atoms with E-state index in [-0.39, 0.29) is 24.6 Å². The second-order valence-electron chi connectivity index (χ2n) is 11.9. The van der Waals surface area contributed by atoms with Gasteiger partial charge in [-0.25, -0.2) is 9.97 Å². The molecule has 4 heterocycles. The highest BCUT2D eigenvalue weighted by Gasteiger charge is 2.33. The van der Waals surface area contributed by atoms with Gasteiger partial charge in [-0.05, 0) is 56.3 Å². The Bertz CT molecular complexity index is 1540. The minimum absolute atomic E-state index is 0.125. The van der Waals surface area contributed by atoms with Crippen LogP contribution in [0.5, 0.6) is 0 Å². The van der Waals surface area contributed by atoms with Gasteiger partial charge in [0.15, 0.2) is 0 Å². The van der Waals surface area contributed by atoms with Crippen LogP contribution in [-0.4, -0.2) is 84.3 Å². The van der Waals surface area contributed by atoms with Gasteiger partial charge >= 0.3 is 0 Å². The van der Waals surface area contributed by atoms with E-state index in [9.17, 15) is 10.1 Å². The lowest BCUT2D eigenvalue weighted by atomic mass is 9.99. The van der Waals surface area contributed by atoms with Crippen molar-refractivity contribution in [3.8, 4) is 6.07 Å². The SMILES string of the molecule is C=CC(=O)N1CCN(c2nc(CCOC3CCCN3C)nc3c2CCN(c2cccc4cccc(C)c24)C3)CC1CC#N.